The van der Waals surface area contributed by atoms with Crippen LogP contribution in [0.15, 0.2) is 18.2 Å². The summed E-state index contributed by atoms with van der Waals surface area (Å²) in [5.74, 6) is -1.11. The van der Waals surface area contributed by atoms with Crippen LogP contribution in [0.2, 0.25) is 5.02 Å². The maximum absolute atomic E-state index is 13.1. The minimum Gasteiger partial charge on any atom is -0.455 e. The van der Waals surface area contributed by atoms with Crippen LogP contribution in [0, 0.1) is 17.3 Å². The fourth-order valence-electron chi connectivity index (χ4n) is 3.51. The van der Waals surface area contributed by atoms with E-state index in [9.17, 15) is 22.8 Å². The van der Waals surface area contributed by atoms with Crippen LogP contribution in [-0.2, 0) is 20.5 Å². The molecule has 0 bridgehead atoms. The number of amides is 1. The highest BCUT2D eigenvalue weighted by Crippen LogP contribution is 2.40. The first-order valence-electron chi connectivity index (χ1n) is 9.21. The van der Waals surface area contributed by atoms with Crippen molar-refractivity contribution in [3.05, 3.63) is 28.8 Å². The van der Waals surface area contributed by atoms with Crippen molar-refractivity contribution in [3.8, 4) is 0 Å². The summed E-state index contributed by atoms with van der Waals surface area (Å²) in [6.45, 7) is 5.86. The molecule has 0 radical (unpaired) electrons. The van der Waals surface area contributed by atoms with Gasteiger partial charge in [-0.2, -0.15) is 13.2 Å². The highest BCUT2D eigenvalue weighted by molar-refractivity contribution is 6.34. The number of nitrogens with one attached hydrogen (secondary N) is 1. The van der Waals surface area contributed by atoms with E-state index >= 15 is 0 Å². The number of alkyl halides is 3. The molecule has 1 aromatic carbocycles. The predicted octanol–water partition coefficient (Wildman–Crippen LogP) is 5.69. The van der Waals surface area contributed by atoms with Crippen LogP contribution in [0.3, 0.4) is 0 Å². The molecule has 2 rings (SSSR count). The molecule has 0 atom stereocenters. The van der Waals surface area contributed by atoms with Gasteiger partial charge >= 0.3 is 12.1 Å². The van der Waals surface area contributed by atoms with E-state index < -0.39 is 35.9 Å². The van der Waals surface area contributed by atoms with Crippen LogP contribution in [0.4, 0.5) is 18.9 Å². The van der Waals surface area contributed by atoms with Gasteiger partial charge in [-0.15, -0.1) is 0 Å². The Hall–Kier alpha value is -1.76. The standard InChI is InChI=1S/C20H25ClF3NO3/c1-19(2,3)13-9-7-12(8-10-13)18(27)28-11-16(26)25-17-14(20(22,23)24)5-4-6-15(17)21/h4-6,12-13H,7-11H2,1-3H3,(H,25,26). The van der Waals surface area contributed by atoms with Crippen LogP contribution < -0.4 is 5.32 Å². The van der Waals surface area contributed by atoms with Crippen molar-refractivity contribution in [2.75, 3.05) is 11.9 Å². The van der Waals surface area contributed by atoms with Crippen molar-refractivity contribution in [1.82, 2.24) is 0 Å². The van der Waals surface area contributed by atoms with Crippen LogP contribution in [0.25, 0.3) is 0 Å². The van der Waals surface area contributed by atoms with Crippen molar-refractivity contribution in [3.63, 3.8) is 0 Å². The smallest absolute Gasteiger partial charge is 0.418 e. The number of carbonyl (C=O) groups excluding carboxylic acids is 2. The summed E-state index contributed by atoms with van der Waals surface area (Å²) in [7, 11) is 0. The summed E-state index contributed by atoms with van der Waals surface area (Å²) in [6, 6.07) is 3.21. The van der Waals surface area contributed by atoms with E-state index in [2.05, 4.69) is 26.1 Å². The lowest BCUT2D eigenvalue weighted by atomic mass is 9.70. The normalized spacial score (nSPS) is 20.5. The number of hydrogen-bond acceptors (Lipinski definition) is 3. The molecular weight excluding hydrogens is 395 g/mol. The Labute approximate surface area is 167 Å². The van der Waals surface area contributed by atoms with Gasteiger partial charge in [-0.05, 0) is 49.1 Å². The van der Waals surface area contributed by atoms with Gasteiger partial charge in [0.05, 0.1) is 22.2 Å². The highest BCUT2D eigenvalue weighted by Gasteiger charge is 2.35. The third-order valence-electron chi connectivity index (χ3n) is 5.21. The molecule has 0 heterocycles. The average molecular weight is 420 g/mol. The molecular formula is C20H25ClF3NO3. The van der Waals surface area contributed by atoms with Crippen LogP contribution in [0.5, 0.6) is 0 Å². The number of halogens is 4. The highest BCUT2D eigenvalue weighted by atomic mass is 35.5. The summed E-state index contributed by atoms with van der Waals surface area (Å²) >= 11 is 5.79. The van der Waals surface area contributed by atoms with Crippen molar-refractivity contribution in [1.29, 1.82) is 0 Å². The molecule has 28 heavy (non-hydrogen) atoms. The largest absolute Gasteiger partial charge is 0.455 e. The van der Waals surface area contributed by atoms with Crippen molar-refractivity contribution in [2.45, 2.75) is 52.6 Å². The Kier molecular flexibility index (Phi) is 7.02. The van der Waals surface area contributed by atoms with Gasteiger partial charge in [-0.25, -0.2) is 0 Å². The molecule has 8 heteroatoms. The van der Waals surface area contributed by atoms with E-state index in [1.54, 1.807) is 0 Å². The Bertz CT molecular complexity index is 720. The van der Waals surface area contributed by atoms with Gasteiger partial charge in [0.2, 0.25) is 0 Å². The first-order valence-corrected chi connectivity index (χ1v) is 9.59. The lowest BCUT2D eigenvalue weighted by Crippen LogP contribution is -2.31. The third-order valence-corrected chi connectivity index (χ3v) is 5.53. The van der Waals surface area contributed by atoms with Crippen molar-refractivity contribution < 1.29 is 27.5 Å². The molecule has 156 valence electrons. The van der Waals surface area contributed by atoms with Gasteiger partial charge < -0.3 is 10.1 Å². The second-order valence-electron chi connectivity index (χ2n) is 8.23. The van der Waals surface area contributed by atoms with Crippen LogP contribution >= 0.6 is 11.6 Å². The molecule has 0 spiro atoms. The zero-order valence-corrected chi connectivity index (χ0v) is 16.9. The zero-order chi connectivity index (χ0) is 21.1. The van der Waals surface area contributed by atoms with Gasteiger partial charge in [0.25, 0.3) is 5.91 Å². The Morgan fingerprint density at radius 2 is 1.75 bits per heavy atom. The van der Waals surface area contributed by atoms with E-state index in [4.69, 9.17) is 16.3 Å². The maximum atomic E-state index is 13.1. The molecule has 0 saturated heterocycles. The number of benzene rings is 1. The van der Waals surface area contributed by atoms with E-state index in [0.29, 0.717) is 18.8 Å². The molecule has 1 aliphatic rings. The molecule has 1 N–H and O–H groups in total. The minimum absolute atomic E-state index is 0.180. The molecule has 1 aliphatic carbocycles. The fourth-order valence-corrected chi connectivity index (χ4v) is 3.73. The topological polar surface area (TPSA) is 55.4 Å². The molecule has 0 unspecified atom stereocenters. The molecule has 0 aromatic heterocycles. The Morgan fingerprint density at radius 3 is 2.29 bits per heavy atom. The minimum atomic E-state index is -4.67. The number of anilines is 1. The van der Waals surface area contributed by atoms with Gasteiger partial charge in [0.1, 0.15) is 0 Å². The molecule has 4 nitrogen and oxygen atoms in total. The lowest BCUT2D eigenvalue weighted by Gasteiger charge is -2.36. The van der Waals surface area contributed by atoms with E-state index in [1.165, 1.54) is 6.07 Å². The molecule has 0 aliphatic heterocycles. The summed E-state index contributed by atoms with van der Waals surface area (Å²) in [5.41, 5.74) is -1.41. The summed E-state index contributed by atoms with van der Waals surface area (Å²) in [4.78, 5) is 24.2. The number of esters is 1. The summed E-state index contributed by atoms with van der Waals surface area (Å²) in [6.07, 6.45) is -1.49. The number of hydrogen-bond donors (Lipinski definition) is 1. The van der Waals surface area contributed by atoms with Crippen LogP contribution in [0.1, 0.15) is 52.0 Å². The lowest BCUT2D eigenvalue weighted by molar-refractivity contribution is -0.153. The average Bonchev–Trinajstić information content (AvgIpc) is 2.60. The fraction of sp³-hybridized carbons (Fsp3) is 0.600. The first kappa shape index (κ1) is 22.5. The van der Waals surface area contributed by atoms with Crippen LogP contribution in [-0.4, -0.2) is 18.5 Å². The third kappa shape index (κ3) is 5.87. The quantitative estimate of drug-likeness (QED) is 0.637. The van der Waals surface area contributed by atoms with Gasteiger partial charge in [-0.1, -0.05) is 38.4 Å². The number of para-hydroxylation sites is 1. The predicted molar refractivity (Wildman–Crippen MR) is 101 cm³/mol. The number of carbonyl (C=O) groups is 2. The van der Waals surface area contributed by atoms with E-state index in [-0.39, 0.29) is 16.4 Å². The second kappa shape index (κ2) is 8.72. The van der Waals surface area contributed by atoms with Crippen molar-refractivity contribution >= 4 is 29.2 Å². The van der Waals surface area contributed by atoms with Gasteiger partial charge in [0.15, 0.2) is 6.61 Å². The Balaban J connectivity index is 1.90. The van der Waals surface area contributed by atoms with Crippen molar-refractivity contribution in [2.24, 2.45) is 17.3 Å². The van der Waals surface area contributed by atoms with E-state index in [1.807, 2.05) is 0 Å². The number of ether oxygens (including phenoxy) is 1. The first-order chi connectivity index (χ1) is 12.9. The molecule has 1 aromatic rings. The molecule has 1 saturated carbocycles. The molecule has 1 amide bonds. The Morgan fingerprint density at radius 1 is 1.14 bits per heavy atom. The zero-order valence-electron chi connectivity index (χ0n) is 16.2. The summed E-state index contributed by atoms with van der Waals surface area (Å²) in [5, 5.41) is 1.86. The molecule has 1 fully saturated rings. The SMILES string of the molecule is CC(C)(C)C1CCC(C(=O)OCC(=O)Nc2c(Cl)cccc2C(F)(F)F)CC1. The number of rotatable bonds is 4. The maximum Gasteiger partial charge on any atom is 0.418 e. The van der Waals surface area contributed by atoms with E-state index in [0.717, 1.165) is 25.0 Å². The summed E-state index contributed by atoms with van der Waals surface area (Å²) < 4.78 is 44.2. The van der Waals surface area contributed by atoms with Gasteiger partial charge in [0, 0.05) is 0 Å². The van der Waals surface area contributed by atoms with Gasteiger partial charge in [-0.3, -0.25) is 9.59 Å². The monoisotopic (exact) mass is 419 g/mol. The second-order valence-corrected chi connectivity index (χ2v) is 8.64.